The molecule has 0 spiro atoms. The van der Waals surface area contributed by atoms with Gasteiger partial charge >= 0.3 is 0 Å². The molecule has 0 aromatic heterocycles. The van der Waals surface area contributed by atoms with Crippen molar-refractivity contribution in [3.8, 4) is 12.3 Å². The van der Waals surface area contributed by atoms with Gasteiger partial charge in [-0.2, -0.15) is 0 Å². The van der Waals surface area contributed by atoms with Gasteiger partial charge in [0.1, 0.15) is 0 Å². The van der Waals surface area contributed by atoms with Crippen molar-refractivity contribution in [2.75, 3.05) is 26.7 Å². The molecule has 0 radical (unpaired) electrons. The Labute approximate surface area is 128 Å². The van der Waals surface area contributed by atoms with Crippen LogP contribution in [0.5, 0.6) is 0 Å². The summed E-state index contributed by atoms with van der Waals surface area (Å²) in [5.41, 5.74) is 6.45. The fourth-order valence-corrected chi connectivity index (χ4v) is 1.66. The number of rotatable bonds is 8. The maximum atomic E-state index is 5.78. The number of terminal acetylenes is 1. The van der Waals surface area contributed by atoms with Crippen molar-refractivity contribution in [3.05, 3.63) is 11.8 Å². The maximum Gasteiger partial charge on any atom is 0.193 e. The Kier molecular flexibility index (Phi) is 10.8. The molecule has 7 heteroatoms. The standard InChI is InChI=1S/C12H19IN6/c1-4-5-11(10(8-16-3)9-18-13)19-12(14)17-7-6-15-2/h1,5,9-10,16H,2,6-8H2,3H3,(H3,14,17,19)/b11-5-,18-9-. The molecule has 0 bridgehead atoms. The number of hydrogen-bond donors (Lipinski definition) is 3. The van der Waals surface area contributed by atoms with Gasteiger partial charge in [0, 0.05) is 25.4 Å². The second kappa shape index (κ2) is 11.7. The number of nitrogens with two attached hydrogens (primary N) is 1. The number of halogens is 1. The van der Waals surface area contributed by atoms with E-state index < -0.39 is 0 Å². The van der Waals surface area contributed by atoms with Crippen LogP contribution in [-0.2, 0) is 0 Å². The van der Waals surface area contributed by atoms with E-state index in [4.69, 9.17) is 12.2 Å². The van der Waals surface area contributed by atoms with Crippen molar-refractivity contribution in [1.29, 1.82) is 0 Å². The molecule has 0 aromatic rings. The molecule has 0 aliphatic carbocycles. The van der Waals surface area contributed by atoms with Gasteiger partial charge in [0.15, 0.2) is 5.96 Å². The van der Waals surface area contributed by atoms with E-state index in [-0.39, 0.29) is 5.92 Å². The highest BCUT2D eigenvalue weighted by Gasteiger charge is 2.11. The minimum atomic E-state index is -0.0316. The first kappa shape index (κ1) is 17.6. The average molecular weight is 374 g/mol. The molecule has 0 aliphatic heterocycles. The van der Waals surface area contributed by atoms with Gasteiger partial charge in [-0.25, -0.2) is 8.20 Å². The Morgan fingerprint density at radius 1 is 1.63 bits per heavy atom. The predicted molar refractivity (Wildman–Crippen MR) is 90.9 cm³/mol. The van der Waals surface area contributed by atoms with Crippen molar-refractivity contribution in [2.24, 2.45) is 24.8 Å². The van der Waals surface area contributed by atoms with Crippen LogP contribution in [0.25, 0.3) is 0 Å². The largest absolute Gasteiger partial charge is 0.370 e. The fourth-order valence-electron chi connectivity index (χ4n) is 1.27. The van der Waals surface area contributed by atoms with Crippen molar-refractivity contribution < 1.29 is 0 Å². The molecule has 0 amide bonds. The second-order valence-electron chi connectivity index (χ2n) is 3.52. The van der Waals surface area contributed by atoms with Crippen molar-refractivity contribution in [2.45, 2.75) is 0 Å². The van der Waals surface area contributed by atoms with Gasteiger partial charge in [-0.15, -0.1) is 6.42 Å². The first-order valence-corrected chi connectivity index (χ1v) is 6.61. The highest BCUT2D eigenvalue weighted by atomic mass is 127. The quantitative estimate of drug-likeness (QED) is 0.189. The zero-order valence-electron chi connectivity index (χ0n) is 10.9. The van der Waals surface area contributed by atoms with E-state index in [0.717, 1.165) is 0 Å². The fraction of sp³-hybridized carbons (Fsp3) is 0.417. The van der Waals surface area contributed by atoms with Gasteiger partial charge < -0.3 is 16.4 Å². The number of allylic oxidation sites excluding steroid dienone is 1. The van der Waals surface area contributed by atoms with Gasteiger partial charge in [-0.05, 0) is 13.8 Å². The third kappa shape index (κ3) is 8.34. The van der Waals surface area contributed by atoms with E-state index >= 15 is 0 Å². The zero-order chi connectivity index (χ0) is 14.5. The summed E-state index contributed by atoms with van der Waals surface area (Å²) in [6, 6.07) is 0. The van der Waals surface area contributed by atoms with Crippen LogP contribution in [0.2, 0.25) is 0 Å². The summed E-state index contributed by atoms with van der Waals surface area (Å²) in [6.07, 6.45) is 8.66. The van der Waals surface area contributed by atoms with Crippen molar-refractivity contribution in [3.63, 3.8) is 0 Å². The third-order valence-corrected chi connectivity index (χ3v) is 2.42. The highest BCUT2D eigenvalue weighted by Crippen LogP contribution is 2.10. The van der Waals surface area contributed by atoms with Crippen LogP contribution >= 0.6 is 22.9 Å². The summed E-state index contributed by atoms with van der Waals surface area (Å²) in [6.45, 7) is 5.21. The molecule has 6 nitrogen and oxygen atoms in total. The molecule has 0 heterocycles. The molecular formula is C12H19IN6. The van der Waals surface area contributed by atoms with Gasteiger partial charge in [0.2, 0.25) is 0 Å². The molecule has 19 heavy (non-hydrogen) atoms. The zero-order valence-corrected chi connectivity index (χ0v) is 13.1. The maximum absolute atomic E-state index is 5.78. The smallest absolute Gasteiger partial charge is 0.193 e. The monoisotopic (exact) mass is 374 g/mol. The highest BCUT2D eigenvalue weighted by molar-refractivity contribution is 14.1. The molecule has 0 rings (SSSR count). The number of nitrogens with zero attached hydrogens (tertiary/aromatic N) is 3. The molecule has 0 saturated carbocycles. The van der Waals surface area contributed by atoms with Crippen molar-refractivity contribution >= 4 is 41.8 Å². The van der Waals surface area contributed by atoms with Crippen molar-refractivity contribution in [1.82, 2.24) is 10.6 Å². The van der Waals surface area contributed by atoms with E-state index in [1.807, 2.05) is 29.9 Å². The lowest BCUT2D eigenvalue weighted by atomic mass is 10.1. The molecule has 0 aromatic carbocycles. The predicted octanol–water partition coefficient (Wildman–Crippen LogP) is 0.365. The first-order chi connectivity index (χ1) is 9.19. The first-order valence-electron chi connectivity index (χ1n) is 5.65. The van der Waals surface area contributed by atoms with Gasteiger partial charge in [-0.3, -0.25) is 4.99 Å². The molecular weight excluding hydrogens is 355 g/mol. The van der Waals surface area contributed by atoms with Crippen LogP contribution in [0.4, 0.5) is 0 Å². The Hall–Kier alpha value is -1.40. The molecule has 0 aliphatic rings. The number of hydrogen-bond acceptors (Lipinski definition) is 4. The van der Waals surface area contributed by atoms with E-state index in [2.05, 4.69) is 36.5 Å². The van der Waals surface area contributed by atoms with E-state index in [0.29, 0.717) is 31.3 Å². The van der Waals surface area contributed by atoms with E-state index in [1.54, 1.807) is 12.3 Å². The Balaban J connectivity index is 4.89. The lowest BCUT2D eigenvalue weighted by Crippen LogP contribution is -2.34. The summed E-state index contributed by atoms with van der Waals surface area (Å²) in [5.74, 6) is 2.73. The Bertz CT molecular complexity index is 394. The average Bonchev–Trinajstić information content (AvgIpc) is 2.38. The number of aliphatic imine (C=N–C) groups is 2. The molecule has 0 fully saturated rings. The van der Waals surface area contributed by atoms with Gasteiger partial charge in [0.25, 0.3) is 0 Å². The molecule has 1 unspecified atom stereocenters. The molecule has 1 atom stereocenters. The third-order valence-electron chi connectivity index (χ3n) is 2.10. The normalized spacial score (nSPS) is 14.2. The number of nitrogens with one attached hydrogen (secondary N) is 2. The molecule has 104 valence electrons. The van der Waals surface area contributed by atoms with Gasteiger partial charge in [-0.1, -0.05) is 5.92 Å². The Morgan fingerprint density at radius 3 is 2.89 bits per heavy atom. The molecule has 4 N–H and O–H groups in total. The summed E-state index contributed by atoms with van der Waals surface area (Å²) >= 11 is 1.91. The summed E-state index contributed by atoms with van der Waals surface area (Å²) in [7, 11) is 1.85. The van der Waals surface area contributed by atoms with Crippen LogP contribution in [0.1, 0.15) is 0 Å². The van der Waals surface area contributed by atoms with Crippen LogP contribution in [0.3, 0.4) is 0 Å². The van der Waals surface area contributed by atoms with Crippen LogP contribution < -0.4 is 16.4 Å². The van der Waals surface area contributed by atoms with Crippen LogP contribution in [-0.4, -0.2) is 45.6 Å². The van der Waals surface area contributed by atoms with Crippen LogP contribution in [0, 0.1) is 18.3 Å². The van der Waals surface area contributed by atoms with E-state index in [9.17, 15) is 0 Å². The topological polar surface area (TPSA) is 87.2 Å². The minimum absolute atomic E-state index is 0.0316. The second-order valence-corrected chi connectivity index (χ2v) is 4.07. The molecule has 0 saturated heterocycles. The Morgan fingerprint density at radius 2 is 2.37 bits per heavy atom. The summed E-state index contributed by atoms with van der Waals surface area (Å²) in [5, 5.41) is 5.99. The van der Waals surface area contributed by atoms with Crippen LogP contribution in [0.15, 0.2) is 25.0 Å². The number of guanidine groups is 1. The summed E-state index contributed by atoms with van der Waals surface area (Å²) < 4.78 is 3.98. The lowest BCUT2D eigenvalue weighted by molar-refractivity contribution is 0.703. The lowest BCUT2D eigenvalue weighted by Gasteiger charge is -2.12. The van der Waals surface area contributed by atoms with E-state index in [1.165, 1.54) is 0 Å². The SMILES string of the molecule is C#C/C=C(\N=C(/N)NCCN=C)C(/C=N\I)CNC. The van der Waals surface area contributed by atoms with Gasteiger partial charge in [0.05, 0.1) is 41.0 Å². The summed E-state index contributed by atoms with van der Waals surface area (Å²) in [4.78, 5) is 8.00. The minimum Gasteiger partial charge on any atom is -0.370 e.